The third-order valence-electron chi connectivity index (χ3n) is 3.10. The fourth-order valence-corrected chi connectivity index (χ4v) is 3.74. The van der Waals surface area contributed by atoms with Crippen LogP contribution in [0.25, 0.3) is 0 Å². The van der Waals surface area contributed by atoms with Gasteiger partial charge in [-0.2, -0.15) is 4.31 Å². The van der Waals surface area contributed by atoms with E-state index in [1.165, 1.54) is 16.4 Å². The normalized spacial score (nSPS) is 21.2. The van der Waals surface area contributed by atoms with Crippen LogP contribution in [0.2, 0.25) is 0 Å². The summed E-state index contributed by atoms with van der Waals surface area (Å²) >= 11 is 0. The summed E-state index contributed by atoms with van der Waals surface area (Å²) < 4.78 is 66.2. The maximum absolute atomic E-state index is 12.4. The van der Waals surface area contributed by atoms with E-state index in [1.807, 2.05) is 0 Å². The van der Waals surface area contributed by atoms with Crippen molar-refractivity contribution in [2.24, 2.45) is 5.73 Å². The molecule has 21 heavy (non-hydrogen) atoms. The number of piperidine rings is 1. The molecule has 9 heteroatoms. The van der Waals surface area contributed by atoms with Crippen molar-refractivity contribution in [3.8, 4) is 5.75 Å². The average molecular weight is 324 g/mol. The lowest BCUT2D eigenvalue weighted by Crippen LogP contribution is -2.45. The molecule has 1 aliphatic rings. The van der Waals surface area contributed by atoms with Crippen molar-refractivity contribution in [1.82, 2.24) is 4.31 Å². The zero-order chi connectivity index (χ0) is 15.7. The monoisotopic (exact) mass is 324 g/mol. The van der Waals surface area contributed by atoms with Gasteiger partial charge in [-0.1, -0.05) is 6.07 Å². The topological polar surface area (TPSA) is 72.6 Å². The second-order valence-corrected chi connectivity index (χ2v) is 6.73. The minimum absolute atomic E-state index is 0.159. The van der Waals surface area contributed by atoms with Gasteiger partial charge in [-0.05, 0) is 25.0 Å². The predicted molar refractivity (Wildman–Crippen MR) is 69.1 cm³/mol. The van der Waals surface area contributed by atoms with Gasteiger partial charge in [0.05, 0.1) is 4.90 Å². The highest BCUT2D eigenvalue weighted by molar-refractivity contribution is 7.89. The molecule has 118 valence electrons. The first kappa shape index (κ1) is 16.1. The molecule has 5 nitrogen and oxygen atoms in total. The standard InChI is InChI=1S/C12H15F3N2O3S/c13-12(14,15)20-10-4-1-5-11(7-10)21(18,19)17-6-2-3-9(16)8-17/h1,4-5,7,9H,2-3,6,8,16H2/t9-/m1/s1. The summed E-state index contributed by atoms with van der Waals surface area (Å²) in [5.41, 5.74) is 5.73. The van der Waals surface area contributed by atoms with Crippen LogP contribution in [-0.2, 0) is 10.0 Å². The predicted octanol–water partition coefficient (Wildman–Crippen LogP) is 1.70. The number of nitrogens with zero attached hydrogens (tertiary/aromatic N) is 1. The molecule has 0 saturated carbocycles. The van der Waals surface area contributed by atoms with Crippen LogP contribution in [0.3, 0.4) is 0 Å². The van der Waals surface area contributed by atoms with Crippen molar-refractivity contribution < 1.29 is 26.3 Å². The molecular weight excluding hydrogens is 309 g/mol. The maximum atomic E-state index is 12.4. The lowest BCUT2D eigenvalue weighted by molar-refractivity contribution is -0.274. The third kappa shape index (κ3) is 4.08. The number of hydrogen-bond acceptors (Lipinski definition) is 4. The van der Waals surface area contributed by atoms with Gasteiger partial charge >= 0.3 is 6.36 Å². The molecule has 0 unspecified atom stereocenters. The van der Waals surface area contributed by atoms with E-state index in [0.29, 0.717) is 13.0 Å². The summed E-state index contributed by atoms with van der Waals surface area (Å²) in [6.45, 7) is 0.465. The highest BCUT2D eigenvalue weighted by Gasteiger charge is 2.33. The summed E-state index contributed by atoms with van der Waals surface area (Å²) in [6, 6.07) is 4.09. The van der Waals surface area contributed by atoms with Crippen molar-refractivity contribution >= 4 is 10.0 Å². The van der Waals surface area contributed by atoms with Crippen molar-refractivity contribution in [3.63, 3.8) is 0 Å². The Bertz CT molecular complexity index is 604. The van der Waals surface area contributed by atoms with Crippen LogP contribution in [0.5, 0.6) is 5.75 Å². The van der Waals surface area contributed by atoms with E-state index in [4.69, 9.17) is 5.73 Å². The molecule has 1 heterocycles. The number of halogens is 3. The summed E-state index contributed by atoms with van der Waals surface area (Å²) in [6.07, 6.45) is -3.52. The quantitative estimate of drug-likeness (QED) is 0.918. The van der Waals surface area contributed by atoms with E-state index < -0.39 is 22.1 Å². The van der Waals surface area contributed by atoms with Crippen LogP contribution in [-0.4, -0.2) is 38.2 Å². The van der Waals surface area contributed by atoms with Crippen LogP contribution in [0, 0.1) is 0 Å². The first-order valence-corrected chi connectivity index (χ1v) is 7.74. The van der Waals surface area contributed by atoms with E-state index in [1.54, 1.807) is 0 Å². The highest BCUT2D eigenvalue weighted by Crippen LogP contribution is 2.27. The van der Waals surface area contributed by atoms with E-state index in [9.17, 15) is 21.6 Å². The molecule has 2 N–H and O–H groups in total. The van der Waals surface area contributed by atoms with Crippen LogP contribution in [0.4, 0.5) is 13.2 Å². The van der Waals surface area contributed by atoms with E-state index >= 15 is 0 Å². The first-order valence-electron chi connectivity index (χ1n) is 6.30. The summed E-state index contributed by atoms with van der Waals surface area (Å²) in [5, 5.41) is 0. The van der Waals surface area contributed by atoms with Gasteiger partial charge in [0.15, 0.2) is 0 Å². The van der Waals surface area contributed by atoms with Gasteiger partial charge in [0.25, 0.3) is 0 Å². The van der Waals surface area contributed by atoms with Gasteiger partial charge in [-0.15, -0.1) is 13.2 Å². The first-order chi connectivity index (χ1) is 9.68. The largest absolute Gasteiger partial charge is 0.573 e. The van der Waals surface area contributed by atoms with Crippen LogP contribution >= 0.6 is 0 Å². The number of benzene rings is 1. The Morgan fingerprint density at radius 3 is 2.67 bits per heavy atom. The highest BCUT2D eigenvalue weighted by atomic mass is 32.2. The van der Waals surface area contributed by atoms with Crippen molar-refractivity contribution in [2.75, 3.05) is 13.1 Å². The number of alkyl halides is 3. The Kier molecular flexibility index (Phi) is 4.45. The lowest BCUT2D eigenvalue weighted by Gasteiger charge is -2.29. The molecule has 1 fully saturated rings. The molecule has 1 aromatic carbocycles. The molecule has 0 aromatic heterocycles. The summed E-state index contributed by atoms with van der Waals surface area (Å²) in [7, 11) is -3.87. The zero-order valence-corrected chi connectivity index (χ0v) is 11.8. The number of sulfonamides is 1. The smallest absolute Gasteiger partial charge is 0.406 e. The molecule has 0 aliphatic carbocycles. The van der Waals surface area contributed by atoms with Gasteiger partial charge < -0.3 is 10.5 Å². The molecule has 0 radical (unpaired) electrons. The Morgan fingerprint density at radius 2 is 2.05 bits per heavy atom. The van der Waals surface area contributed by atoms with Crippen molar-refractivity contribution in [1.29, 1.82) is 0 Å². The zero-order valence-electron chi connectivity index (χ0n) is 11.0. The molecule has 2 rings (SSSR count). The van der Waals surface area contributed by atoms with Gasteiger partial charge in [-0.3, -0.25) is 0 Å². The van der Waals surface area contributed by atoms with E-state index in [-0.39, 0.29) is 17.5 Å². The van der Waals surface area contributed by atoms with Gasteiger partial charge in [0.2, 0.25) is 10.0 Å². The van der Waals surface area contributed by atoms with E-state index in [2.05, 4.69) is 4.74 Å². The molecular formula is C12H15F3N2O3S. The van der Waals surface area contributed by atoms with Crippen molar-refractivity contribution in [2.45, 2.75) is 30.1 Å². The molecule has 1 saturated heterocycles. The second kappa shape index (κ2) is 5.82. The Morgan fingerprint density at radius 1 is 1.33 bits per heavy atom. The molecule has 1 atom stereocenters. The molecule has 0 bridgehead atoms. The van der Waals surface area contributed by atoms with Crippen molar-refractivity contribution in [3.05, 3.63) is 24.3 Å². The van der Waals surface area contributed by atoms with Crippen LogP contribution in [0.1, 0.15) is 12.8 Å². The Labute approximate surface area is 120 Å². The number of nitrogens with two attached hydrogens (primary N) is 1. The lowest BCUT2D eigenvalue weighted by atomic mass is 10.1. The number of ether oxygens (including phenoxy) is 1. The van der Waals surface area contributed by atoms with Crippen LogP contribution < -0.4 is 10.5 Å². The number of rotatable bonds is 3. The molecule has 0 spiro atoms. The molecule has 1 aliphatic heterocycles. The minimum atomic E-state index is -4.87. The fraction of sp³-hybridized carbons (Fsp3) is 0.500. The van der Waals surface area contributed by atoms with Gasteiger partial charge in [0.1, 0.15) is 5.75 Å². The average Bonchev–Trinajstić information content (AvgIpc) is 2.37. The summed E-state index contributed by atoms with van der Waals surface area (Å²) in [5.74, 6) is -0.565. The molecule has 1 aromatic rings. The second-order valence-electron chi connectivity index (χ2n) is 4.79. The maximum Gasteiger partial charge on any atom is 0.573 e. The van der Waals surface area contributed by atoms with E-state index in [0.717, 1.165) is 18.6 Å². The fourth-order valence-electron chi connectivity index (χ4n) is 2.17. The third-order valence-corrected chi connectivity index (χ3v) is 4.96. The van der Waals surface area contributed by atoms with Gasteiger partial charge in [0, 0.05) is 25.2 Å². The SMILES string of the molecule is N[C@@H]1CCCN(S(=O)(=O)c2cccc(OC(F)(F)F)c2)C1. The van der Waals surface area contributed by atoms with Crippen LogP contribution in [0.15, 0.2) is 29.2 Å². The molecule has 0 amide bonds. The van der Waals surface area contributed by atoms with Gasteiger partial charge in [-0.25, -0.2) is 8.42 Å². The number of hydrogen-bond donors (Lipinski definition) is 1. The summed E-state index contributed by atoms with van der Waals surface area (Å²) in [4.78, 5) is -0.238. The Balaban J connectivity index is 2.26. The minimum Gasteiger partial charge on any atom is -0.406 e. The Hall–Kier alpha value is -1.32.